The van der Waals surface area contributed by atoms with E-state index in [4.69, 9.17) is 10.2 Å². The molecule has 1 atom stereocenters. The van der Waals surface area contributed by atoms with Crippen LogP contribution in [0.4, 0.5) is 4.39 Å². The van der Waals surface area contributed by atoms with Gasteiger partial charge < -0.3 is 15.5 Å². The Morgan fingerprint density at radius 3 is 2.39 bits per heavy atom. The highest BCUT2D eigenvalue weighted by molar-refractivity contribution is 5.94. The minimum absolute atomic E-state index is 0. The van der Waals surface area contributed by atoms with Crippen molar-refractivity contribution in [3.05, 3.63) is 59.3 Å². The summed E-state index contributed by atoms with van der Waals surface area (Å²) in [6, 6.07) is 7.53. The van der Waals surface area contributed by atoms with Gasteiger partial charge in [-0.05, 0) is 29.2 Å². The monoisotopic (exact) mass is 340 g/mol. The molecule has 126 valence electrons. The highest BCUT2D eigenvalue weighted by Crippen LogP contribution is 2.33. The van der Waals surface area contributed by atoms with Crippen LogP contribution in [0.2, 0.25) is 0 Å². The van der Waals surface area contributed by atoms with Crippen LogP contribution in [0, 0.1) is 11.2 Å². The zero-order valence-electron chi connectivity index (χ0n) is 13.4. The first-order valence-electron chi connectivity index (χ1n) is 7.15. The Morgan fingerprint density at radius 1 is 1.30 bits per heavy atom. The SMILES string of the molecule is CC(C)(C)C(NC(=O)c1coc(CN)c1)c1ccc(F)cc1.Cl. The number of carbonyl (C=O) groups is 1. The molecule has 0 spiro atoms. The van der Waals surface area contributed by atoms with Gasteiger partial charge in [0.05, 0.1) is 18.2 Å². The Hall–Kier alpha value is -1.85. The minimum Gasteiger partial charge on any atom is -0.467 e. The van der Waals surface area contributed by atoms with Crippen molar-refractivity contribution >= 4 is 18.3 Å². The maximum atomic E-state index is 13.1. The highest BCUT2D eigenvalue weighted by Gasteiger charge is 2.28. The molecule has 3 N–H and O–H groups in total. The lowest BCUT2D eigenvalue weighted by Crippen LogP contribution is -2.36. The number of hydrogen-bond donors (Lipinski definition) is 2. The molecule has 1 heterocycles. The number of furan rings is 1. The smallest absolute Gasteiger partial charge is 0.255 e. The third kappa shape index (κ3) is 4.81. The first-order chi connectivity index (χ1) is 10.3. The van der Waals surface area contributed by atoms with Crippen LogP contribution in [-0.4, -0.2) is 5.91 Å². The number of rotatable bonds is 4. The lowest BCUT2D eigenvalue weighted by atomic mass is 9.82. The molecular formula is C17H22ClFN2O2. The number of amides is 1. The third-order valence-electron chi connectivity index (χ3n) is 3.46. The number of halogens is 2. The lowest BCUT2D eigenvalue weighted by Gasteiger charge is -2.31. The zero-order chi connectivity index (χ0) is 16.3. The number of nitrogens with one attached hydrogen (secondary N) is 1. The quantitative estimate of drug-likeness (QED) is 0.889. The van der Waals surface area contributed by atoms with Crippen LogP contribution in [0.15, 0.2) is 41.0 Å². The molecule has 0 aliphatic carbocycles. The molecular weight excluding hydrogens is 319 g/mol. The van der Waals surface area contributed by atoms with E-state index in [0.29, 0.717) is 11.3 Å². The van der Waals surface area contributed by atoms with Gasteiger partial charge in [-0.25, -0.2) is 4.39 Å². The van der Waals surface area contributed by atoms with Crippen LogP contribution < -0.4 is 11.1 Å². The molecule has 23 heavy (non-hydrogen) atoms. The molecule has 1 aromatic heterocycles. The molecule has 0 aliphatic rings. The maximum absolute atomic E-state index is 13.1. The summed E-state index contributed by atoms with van der Waals surface area (Å²) in [5.74, 6) is 0.0112. The Bertz CT molecular complexity index is 647. The van der Waals surface area contributed by atoms with Crippen molar-refractivity contribution in [1.29, 1.82) is 0 Å². The van der Waals surface area contributed by atoms with Gasteiger partial charge in [-0.3, -0.25) is 4.79 Å². The van der Waals surface area contributed by atoms with Crippen molar-refractivity contribution in [3.8, 4) is 0 Å². The Labute approximate surface area is 141 Å². The first-order valence-corrected chi connectivity index (χ1v) is 7.15. The van der Waals surface area contributed by atoms with Crippen LogP contribution in [0.5, 0.6) is 0 Å². The molecule has 0 radical (unpaired) electrons. The first kappa shape index (κ1) is 19.2. The summed E-state index contributed by atoms with van der Waals surface area (Å²) in [7, 11) is 0. The second kappa shape index (κ2) is 7.62. The van der Waals surface area contributed by atoms with Crippen LogP contribution in [0.3, 0.4) is 0 Å². The lowest BCUT2D eigenvalue weighted by molar-refractivity contribution is 0.0901. The number of hydrogen-bond acceptors (Lipinski definition) is 3. The number of nitrogens with two attached hydrogens (primary N) is 1. The van der Waals surface area contributed by atoms with Crippen LogP contribution >= 0.6 is 12.4 Å². The molecule has 0 saturated carbocycles. The topological polar surface area (TPSA) is 68.3 Å². The van der Waals surface area contributed by atoms with Gasteiger partial charge in [-0.1, -0.05) is 32.9 Å². The van der Waals surface area contributed by atoms with Crippen molar-refractivity contribution in [2.45, 2.75) is 33.4 Å². The highest BCUT2D eigenvalue weighted by atomic mass is 35.5. The van der Waals surface area contributed by atoms with Crippen LogP contribution in [-0.2, 0) is 6.54 Å². The molecule has 2 aromatic rings. The van der Waals surface area contributed by atoms with Gasteiger partial charge >= 0.3 is 0 Å². The molecule has 0 aliphatic heterocycles. The van der Waals surface area contributed by atoms with Gasteiger partial charge in [-0.2, -0.15) is 0 Å². The third-order valence-corrected chi connectivity index (χ3v) is 3.46. The van der Waals surface area contributed by atoms with Gasteiger partial charge in [-0.15, -0.1) is 12.4 Å². The Balaban J connectivity index is 0.00000264. The zero-order valence-corrected chi connectivity index (χ0v) is 14.2. The second-order valence-electron chi connectivity index (χ2n) is 6.33. The van der Waals surface area contributed by atoms with Gasteiger partial charge in [0.25, 0.3) is 5.91 Å². The molecule has 6 heteroatoms. The molecule has 1 amide bonds. The normalized spacial score (nSPS) is 12.4. The maximum Gasteiger partial charge on any atom is 0.255 e. The Kier molecular flexibility index (Phi) is 6.36. The summed E-state index contributed by atoms with van der Waals surface area (Å²) in [6.07, 6.45) is 1.39. The van der Waals surface area contributed by atoms with Crippen LogP contribution in [0.25, 0.3) is 0 Å². The molecule has 2 rings (SSSR count). The minimum atomic E-state index is -0.301. The fourth-order valence-electron chi connectivity index (χ4n) is 2.28. The van der Waals surface area contributed by atoms with E-state index in [0.717, 1.165) is 5.56 Å². The van der Waals surface area contributed by atoms with Gasteiger partial charge in [0, 0.05) is 0 Å². The number of carbonyl (C=O) groups excluding carboxylic acids is 1. The van der Waals surface area contributed by atoms with E-state index in [1.807, 2.05) is 20.8 Å². The van der Waals surface area contributed by atoms with Gasteiger partial charge in [0.1, 0.15) is 17.8 Å². The average molecular weight is 341 g/mol. The summed E-state index contributed by atoms with van der Waals surface area (Å²) < 4.78 is 18.3. The fraction of sp³-hybridized carbons (Fsp3) is 0.353. The largest absolute Gasteiger partial charge is 0.467 e. The van der Waals surface area contributed by atoms with Gasteiger partial charge in [0.2, 0.25) is 0 Å². The van der Waals surface area contributed by atoms with Gasteiger partial charge in [0.15, 0.2) is 0 Å². The van der Waals surface area contributed by atoms with Crippen molar-refractivity contribution < 1.29 is 13.6 Å². The molecule has 0 fully saturated rings. The standard InChI is InChI=1S/C17H21FN2O2.ClH/c1-17(2,3)15(11-4-6-13(18)7-5-11)20-16(21)12-8-14(9-19)22-10-12;/h4-8,10,15H,9,19H2,1-3H3,(H,20,21);1H. The van der Waals surface area contributed by atoms with Crippen molar-refractivity contribution in [3.63, 3.8) is 0 Å². The second-order valence-corrected chi connectivity index (χ2v) is 6.33. The van der Waals surface area contributed by atoms with E-state index >= 15 is 0 Å². The molecule has 0 bridgehead atoms. The van der Waals surface area contributed by atoms with E-state index in [-0.39, 0.29) is 42.1 Å². The van der Waals surface area contributed by atoms with Crippen molar-refractivity contribution in [1.82, 2.24) is 5.32 Å². The summed E-state index contributed by atoms with van der Waals surface area (Å²) in [5, 5.41) is 2.98. The molecule has 4 nitrogen and oxygen atoms in total. The summed E-state index contributed by atoms with van der Waals surface area (Å²) >= 11 is 0. The Morgan fingerprint density at radius 2 is 1.91 bits per heavy atom. The van der Waals surface area contributed by atoms with E-state index in [9.17, 15) is 9.18 Å². The predicted octanol–water partition coefficient (Wildman–Crippen LogP) is 3.82. The molecule has 1 unspecified atom stereocenters. The van der Waals surface area contributed by atoms with E-state index < -0.39 is 0 Å². The fourth-order valence-corrected chi connectivity index (χ4v) is 2.28. The summed E-state index contributed by atoms with van der Waals surface area (Å²) in [6.45, 7) is 6.29. The molecule has 0 saturated heterocycles. The van der Waals surface area contributed by atoms with E-state index in [2.05, 4.69) is 5.32 Å². The van der Waals surface area contributed by atoms with Crippen molar-refractivity contribution in [2.24, 2.45) is 11.1 Å². The van der Waals surface area contributed by atoms with Crippen molar-refractivity contribution in [2.75, 3.05) is 0 Å². The van der Waals surface area contributed by atoms with Crippen LogP contribution in [0.1, 0.15) is 48.5 Å². The number of benzene rings is 1. The summed E-state index contributed by atoms with van der Waals surface area (Å²) in [5.41, 5.74) is 6.53. The molecule has 1 aromatic carbocycles. The van der Waals surface area contributed by atoms with E-state index in [1.54, 1.807) is 18.2 Å². The van der Waals surface area contributed by atoms with E-state index in [1.165, 1.54) is 18.4 Å². The average Bonchev–Trinajstić information content (AvgIpc) is 2.93. The summed E-state index contributed by atoms with van der Waals surface area (Å²) in [4.78, 5) is 12.4. The predicted molar refractivity (Wildman–Crippen MR) is 89.9 cm³/mol.